The predicted octanol–water partition coefficient (Wildman–Crippen LogP) is 17.2. The maximum Gasteiger partial charge on any atom is 0.312 e. The number of alkyl halides is 7. The van der Waals surface area contributed by atoms with Gasteiger partial charge in [0.1, 0.15) is 34.9 Å². The Kier molecular flexibility index (Phi) is 25.8. The van der Waals surface area contributed by atoms with Gasteiger partial charge in [-0.3, -0.25) is 24.2 Å². The number of aromatic nitrogens is 6. The number of fused-ring (bicyclic) bond motifs is 3. The summed E-state index contributed by atoms with van der Waals surface area (Å²) < 4.78 is 136. The van der Waals surface area contributed by atoms with Gasteiger partial charge in [0.15, 0.2) is 15.4 Å². The zero-order valence-corrected chi connectivity index (χ0v) is 65.8. The van der Waals surface area contributed by atoms with Gasteiger partial charge < -0.3 is 35.8 Å². The highest BCUT2D eigenvalue weighted by Crippen LogP contribution is 2.46. The van der Waals surface area contributed by atoms with Crippen molar-refractivity contribution in [2.75, 3.05) is 49.8 Å². The third kappa shape index (κ3) is 20.0. The van der Waals surface area contributed by atoms with E-state index in [1.807, 2.05) is 67.9 Å². The van der Waals surface area contributed by atoms with Crippen LogP contribution in [0.25, 0.3) is 0 Å². The summed E-state index contributed by atoms with van der Waals surface area (Å²) in [5.41, 5.74) is 4.94. The van der Waals surface area contributed by atoms with Crippen LogP contribution in [0.4, 0.5) is 72.4 Å². The van der Waals surface area contributed by atoms with Crippen LogP contribution in [-0.2, 0) is 100 Å². The third-order valence-corrected chi connectivity index (χ3v) is 24.5. The lowest BCUT2D eigenvalue weighted by Gasteiger charge is -2.44. The van der Waals surface area contributed by atoms with Gasteiger partial charge in [-0.2, -0.15) is 0 Å². The van der Waals surface area contributed by atoms with Crippen LogP contribution in [0.2, 0.25) is 0 Å². The molecule has 0 radical (unpaired) electrons. The van der Waals surface area contributed by atoms with Gasteiger partial charge in [0.25, 0.3) is 17.8 Å². The standard InChI is InChI=1S/C27H29F3N4O2S.C26H27F3N4O2S.C17H21FN4O2S.C10H9BrF2/c1-17-12-26(24(35)36-2,15-22-21(28)6-7-23(32-22)33-25-31-9-11-37-25)8-10-34(17)16-19-5-3-4-18-13-27(29,30)14-20(18)19;1-16-11-25(23(34)35,14-21-20(27)5-6-22(31-21)32-24-30-8-10-36-24)7-9-33(16)15-18-4-2-3-17-12-26(28,29)13-19(17)18;1-11-9-17(5-6-19-11,15(23)24-2)10-13-12(18)3-4-14(21-13)22-16-20-7-8-25-16;11-6-8-3-1-2-7-4-10(12,13)5-9(7)8/h3-7,9,11,17H,8,10,12-16H2,1-2H3,(H,31,32,33);2-6,8,10,16H,7,9,11-15H2,1H3,(H,34,35)(H,30,31,32);3-4,7-8,11,19H,5-6,9-10H2,1-2H3,(H,20,21,22);1-3H,4-6H2. The number of thiazole rings is 3. The quantitative estimate of drug-likeness (QED) is 0.0272. The van der Waals surface area contributed by atoms with E-state index < -0.39 is 63.4 Å². The molecule has 6 aromatic heterocycles. The fourth-order valence-electron chi connectivity index (χ4n) is 16.3. The summed E-state index contributed by atoms with van der Waals surface area (Å²) in [6, 6.07) is 25.1. The van der Waals surface area contributed by atoms with Crippen molar-refractivity contribution in [1.29, 1.82) is 0 Å². The van der Waals surface area contributed by atoms with E-state index in [4.69, 9.17) is 9.47 Å². The Morgan fingerprint density at radius 1 is 0.514 bits per heavy atom. The molecule has 9 heterocycles. The van der Waals surface area contributed by atoms with Crippen LogP contribution >= 0.6 is 49.9 Å². The van der Waals surface area contributed by atoms with Crippen molar-refractivity contribution in [1.82, 2.24) is 45.0 Å². The number of esters is 2. The predicted molar refractivity (Wildman–Crippen MR) is 413 cm³/mol. The van der Waals surface area contributed by atoms with Crippen molar-refractivity contribution in [3.05, 3.63) is 210 Å². The highest BCUT2D eigenvalue weighted by molar-refractivity contribution is 9.08. The zero-order valence-electron chi connectivity index (χ0n) is 61.8. The molecule has 15 rings (SSSR count). The molecule has 0 amide bonds. The first-order chi connectivity index (χ1) is 53.0. The van der Waals surface area contributed by atoms with Crippen molar-refractivity contribution < 1.29 is 68.5 Å². The number of hydrogen-bond acceptors (Lipinski definition) is 20. The van der Waals surface area contributed by atoms with Crippen molar-refractivity contribution in [3.63, 3.8) is 0 Å². The van der Waals surface area contributed by atoms with E-state index in [0.717, 1.165) is 33.4 Å². The summed E-state index contributed by atoms with van der Waals surface area (Å²) in [5.74, 6) is -9.70. The lowest BCUT2D eigenvalue weighted by atomic mass is 9.72. The lowest BCUT2D eigenvalue weighted by molar-refractivity contribution is -0.157. The van der Waals surface area contributed by atoms with Gasteiger partial charge in [0.2, 0.25) is 0 Å². The molecule has 6 unspecified atom stereocenters. The number of ether oxygens (including phenoxy) is 2. The number of hydrogen-bond donors (Lipinski definition) is 5. The smallest absolute Gasteiger partial charge is 0.312 e. The number of carbonyl (C=O) groups is 3. The van der Waals surface area contributed by atoms with E-state index in [1.165, 1.54) is 78.6 Å². The average molecular weight is 1660 g/mol. The Bertz CT molecular complexity index is 4750. The Morgan fingerprint density at radius 3 is 1.23 bits per heavy atom. The SMILES string of the molecule is CC1CC(Cc2nc(Nc3nccs3)ccc2F)(C(=O)O)CCN1Cc1cccc2c1CC(F)(F)C2.COC(=O)C1(Cc2nc(Nc3nccs3)ccc2F)CCN(Cc2cccc3c2CC(F)(F)C3)C(C)C1.COC(=O)C1(Cc2nc(Nc3nccs3)ccc2F)CCNC(C)C1.FC1(F)Cc2cccc(CBr)c2C1. The molecule has 3 fully saturated rings. The average Bonchev–Trinajstić information content (AvgIpc) is 1.78. The number of pyridine rings is 3. The minimum Gasteiger partial charge on any atom is -0.481 e. The molecule has 3 saturated heterocycles. The van der Waals surface area contributed by atoms with Gasteiger partial charge in [-0.15, -0.1) is 34.0 Å². The molecule has 31 heteroatoms. The number of likely N-dealkylation sites (tertiary alicyclic amines) is 2. The summed E-state index contributed by atoms with van der Waals surface area (Å²) in [6.45, 7) is 8.68. The summed E-state index contributed by atoms with van der Waals surface area (Å²) >= 11 is 7.52. The largest absolute Gasteiger partial charge is 0.481 e. The molecule has 111 heavy (non-hydrogen) atoms. The number of rotatable bonds is 20. The molecule has 3 aliphatic heterocycles. The molecular weight excluding hydrogens is 1570 g/mol. The Hall–Kier alpha value is -8.46. The molecule has 6 atom stereocenters. The van der Waals surface area contributed by atoms with Gasteiger partial charge in [-0.05, 0) is 165 Å². The number of nitrogens with one attached hydrogen (secondary N) is 4. The molecule has 3 aromatic carbocycles. The molecule has 9 aromatic rings. The second kappa shape index (κ2) is 34.9. The first kappa shape index (κ1) is 82.0. The number of aliphatic carboxylic acids is 1. The fourth-order valence-corrected chi connectivity index (χ4v) is 18.4. The summed E-state index contributed by atoms with van der Waals surface area (Å²) in [4.78, 5) is 68.0. The number of nitrogens with zero attached hydrogens (tertiary/aromatic N) is 8. The van der Waals surface area contributed by atoms with E-state index in [0.29, 0.717) is 126 Å². The van der Waals surface area contributed by atoms with E-state index in [2.05, 4.69) is 76.9 Å². The summed E-state index contributed by atoms with van der Waals surface area (Å²) in [6.07, 6.45) is 6.82. The van der Waals surface area contributed by atoms with Crippen LogP contribution < -0.4 is 21.3 Å². The van der Waals surface area contributed by atoms with Crippen LogP contribution in [0.1, 0.15) is 126 Å². The molecule has 590 valence electrons. The maximum absolute atomic E-state index is 14.9. The second-order valence-electron chi connectivity index (χ2n) is 29.7. The van der Waals surface area contributed by atoms with Crippen molar-refractivity contribution in [3.8, 4) is 0 Å². The van der Waals surface area contributed by atoms with E-state index in [9.17, 15) is 59.0 Å². The van der Waals surface area contributed by atoms with Crippen LogP contribution in [-0.4, -0.2) is 132 Å². The number of carboxylic acids is 1. The number of piperidine rings is 3. The van der Waals surface area contributed by atoms with Crippen LogP contribution in [0.15, 0.2) is 126 Å². The van der Waals surface area contributed by atoms with Crippen LogP contribution in [0, 0.1) is 33.7 Å². The van der Waals surface area contributed by atoms with Crippen molar-refractivity contribution in [2.45, 2.75) is 171 Å². The number of halogens is 10. The molecule has 5 N–H and O–H groups in total. The second-order valence-corrected chi connectivity index (χ2v) is 32.9. The van der Waals surface area contributed by atoms with Crippen LogP contribution in [0.3, 0.4) is 0 Å². The maximum atomic E-state index is 14.9. The van der Waals surface area contributed by atoms with Crippen molar-refractivity contribution in [2.24, 2.45) is 16.2 Å². The Morgan fingerprint density at radius 2 is 0.874 bits per heavy atom. The van der Waals surface area contributed by atoms with Gasteiger partial charge in [0, 0.05) is 129 Å². The van der Waals surface area contributed by atoms with E-state index >= 15 is 0 Å². The molecule has 18 nitrogen and oxygen atoms in total. The number of methoxy groups -OCH3 is 2. The number of carbonyl (C=O) groups excluding carboxylic acids is 2. The Labute approximate surface area is 658 Å². The molecule has 0 spiro atoms. The van der Waals surface area contributed by atoms with E-state index in [-0.39, 0.29) is 99.0 Å². The highest BCUT2D eigenvalue weighted by atomic mass is 79.9. The van der Waals surface area contributed by atoms with Gasteiger partial charge in [-0.1, -0.05) is 70.5 Å². The number of benzene rings is 3. The lowest BCUT2D eigenvalue weighted by Crippen LogP contribution is -2.50. The normalized spacial score (nSPS) is 22.7. The third-order valence-electron chi connectivity index (χ3n) is 21.8. The first-order valence-corrected chi connectivity index (χ1v) is 40.3. The van der Waals surface area contributed by atoms with Gasteiger partial charge in [-0.25, -0.2) is 69.4 Å². The number of carboxylic acid groups (broad SMARTS) is 1. The fraction of sp³-hybridized carbons (Fsp3) is 0.438. The molecule has 6 aliphatic rings. The highest BCUT2D eigenvalue weighted by Gasteiger charge is 2.49. The summed E-state index contributed by atoms with van der Waals surface area (Å²) in [7, 11) is 2.72. The minimum absolute atomic E-state index is 0.0350. The van der Waals surface area contributed by atoms with Gasteiger partial charge in [0.05, 0.1) is 47.5 Å². The monoisotopic (exact) mass is 1660 g/mol. The topological polar surface area (TPSA) is 222 Å². The van der Waals surface area contributed by atoms with Crippen molar-refractivity contribution >= 4 is 101 Å². The van der Waals surface area contributed by atoms with Crippen LogP contribution in [0.5, 0.6) is 0 Å². The summed E-state index contributed by atoms with van der Waals surface area (Å²) in [5, 5.41) is 30.7. The Balaban J connectivity index is 0.000000145. The molecule has 3 aliphatic carbocycles. The zero-order chi connectivity index (χ0) is 79.0. The molecule has 0 saturated carbocycles. The number of anilines is 6. The van der Waals surface area contributed by atoms with Gasteiger partial charge >= 0.3 is 17.9 Å². The molecular formula is C80H86BrF9N12O6S3. The van der Waals surface area contributed by atoms with E-state index in [1.54, 1.807) is 48.2 Å². The first-order valence-electron chi connectivity index (χ1n) is 36.5. The minimum atomic E-state index is -2.72. The molecule has 0 bridgehead atoms.